The molecule has 1 N–H and O–H groups in total. The van der Waals surface area contributed by atoms with Gasteiger partial charge in [-0.1, -0.05) is 0 Å². The number of hydrogen-bond acceptors (Lipinski definition) is 6. The lowest BCUT2D eigenvalue weighted by atomic mass is 10.2. The summed E-state index contributed by atoms with van der Waals surface area (Å²) < 4.78 is 39.4. The molecule has 0 amide bonds. The van der Waals surface area contributed by atoms with E-state index in [1.165, 1.54) is 29.2 Å². The maximum Gasteiger partial charge on any atom is 0.272 e. The molecule has 0 aliphatic carbocycles. The van der Waals surface area contributed by atoms with E-state index in [1.54, 1.807) is 0 Å². The molecule has 0 radical (unpaired) electrons. The summed E-state index contributed by atoms with van der Waals surface area (Å²) in [5, 5.41) is 29.2. The van der Waals surface area contributed by atoms with Crippen LogP contribution in [-0.2, 0) is 6.61 Å². The topological polar surface area (TPSA) is 124 Å². The molecule has 3 rings (SSSR count). The highest BCUT2D eigenvalue weighted by Gasteiger charge is 2.12. The van der Waals surface area contributed by atoms with E-state index in [4.69, 9.17) is 5.11 Å². The van der Waals surface area contributed by atoms with Crippen molar-refractivity contribution in [3.8, 4) is 5.69 Å². The second kappa shape index (κ2) is 8.73. The van der Waals surface area contributed by atoms with Gasteiger partial charge in [0.15, 0.2) is 17.5 Å². The van der Waals surface area contributed by atoms with E-state index in [0.29, 0.717) is 17.8 Å². The number of aromatic nitrogens is 2. The number of aliphatic hydroxyl groups excluding tert-OH is 1. The third-order valence-electron chi connectivity index (χ3n) is 3.33. The number of hydrogen-bond donors (Lipinski definition) is 1. The zero-order chi connectivity index (χ0) is 20.8. The summed E-state index contributed by atoms with van der Waals surface area (Å²) in [5.41, 5.74) is -0.233. The first-order valence-electron chi connectivity index (χ1n) is 7.40. The predicted molar refractivity (Wildman–Crippen MR) is 89.1 cm³/mol. The molecule has 28 heavy (non-hydrogen) atoms. The van der Waals surface area contributed by atoms with Crippen LogP contribution in [0.25, 0.3) is 5.69 Å². The van der Waals surface area contributed by atoms with Crippen LogP contribution in [0.15, 0.2) is 48.9 Å². The Morgan fingerprint density at radius 1 is 0.929 bits per heavy atom. The highest BCUT2D eigenvalue weighted by atomic mass is 19.2. The van der Waals surface area contributed by atoms with Gasteiger partial charge in [0.1, 0.15) is 0 Å². The van der Waals surface area contributed by atoms with Gasteiger partial charge in [0, 0.05) is 18.3 Å². The van der Waals surface area contributed by atoms with Crippen molar-refractivity contribution >= 4 is 11.4 Å². The molecule has 1 aromatic heterocycles. The lowest BCUT2D eigenvalue weighted by Gasteiger charge is -2.02. The van der Waals surface area contributed by atoms with E-state index >= 15 is 0 Å². The van der Waals surface area contributed by atoms with Crippen molar-refractivity contribution in [3.05, 3.63) is 92.3 Å². The standard InChI is InChI=1S/C10H8FN3O3.C6H3F2NO2/c11-9-3-8(14(16)17)1-2-10(9)13-4-7(5-15)12-6-13;7-5-2-1-4(9(10)11)3-6(5)8/h1-4,6,15H,5H2;1-3H. The number of nitrogens with zero attached hydrogens (tertiary/aromatic N) is 4. The smallest absolute Gasteiger partial charge is 0.272 e. The van der Waals surface area contributed by atoms with Crippen LogP contribution in [0.2, 0.25) is 0 Å². The highest BCUT2D eigenvalue weighted by Crippen LogP contribution is 2.20. The zero-order valence-corrected chi connectivity index (χ0v) is 13.8. The summed E-state index contributed by atoms with van der Waals surface area (Å²) in [4.78, 5) is 22.8. The molecule has 0 fully saturated rings. The number of nitro benzene ring substituents is 2. The van der Waals surface area contributed by atoms with Gasteiger partial charge in [-0.05, 0) is 12.1 Å². The minimum atomic E-state index is -1.21. The first kappa shape index (κ1) is 20.5. The lowest BCUT2D eigenvalue weighted by molar-refractivity contribution is -0.385. The Labute approximate surface area is 154 Å². The van der Waals surface area contributed by atoms with Gasteiger partial charge < -0.3 is 9.67 Å². The Balaban J connectivity index is 0.000000221. The van der Waals surface area contributed by atoms with Crippen molar-refractivity contribution in [1.29, 1.82) is 0 Å². The first-order valence-corrected chi connectivity index (χ1v) is 7.40. The van der Waals surface area contributed by atoms with Crippen LogP contribution in [0.3, 0.4) is 0 Å². The van der Waals surface area contributed by atoms with Crippen LogP contribution in [0, 0.1) is 37.7 Å². The number of aliphatic hydroxyl groups is 1. The van der Waals surface area contributed by atoms with E-state index in [9.17, 15) is 33.4 Å². The van der Waals surface area contributed by atoms with Gasteiger partial charge in [0.25, 0.3) is 11.4 Å². The Hall–Kier alpha value is -3.80. The molecular weight excluding hydrogens is 385 g/mol. The van der Waals surface area contributed by atoms with E-state index in [0.717, 1.165) is 12.1 Å². The van der Waals surface area contributed by atoms with Crippen LogP contribution in [0.4, 0.5) is 24.5 Å². The molecule has 0 saturated carbocycles. The van der Waals surface area contributed by atoms with Gasteiger partial charge in [-0.3, -0.25) is 20.2 Å². The van der Waals surface area contributed by atoms with Gasteiger partial charge in [-0.25, -0.2) is 18.2 Å². The highest BCUT2D eigenvalue weighted by molar-refractivity contribution is 5.42. The van der Waals surface area contributed by atoms with Crippen LogP contribution < -0.4 is 0 Å². The van der Waals surface area contributed by atoms with Crippen molar-refractivity contribution in [2.24, 2.45) is 0 Å². The normalized spacial score (nSPS) is 10.1. The largest absolute Gasteiger partial charge is 0.390 e. The third-order valence-corrected chi connectivity index (χ3v) is 3.33. The number of nitro groups is 2. The zero-order valence-electron chi connectivity index (χ0n) is 13.8. The minimum absolute atomic E-state index is 0.141. The van der Waals surface area contributed by atoms with E-state index in [-0.39, 0.29) is 18.0 Å². The molecule has 3 aromatic rings. The maximum absolute atomic E-state index is 13.6. The van der Waals surface area contributed by atoms with Crippen LogP contribution in [0.5, 0.6) is 0 Å². The number of imidazole rings is 1. The minimum Gasteiger partial charge on any atom is -0.390 e. The SMILES string of the molecule is O=[N+]([O-])c1ccc(-n2cnc(CO)c2)c(F)c1.O=[N+]([O-])c1ccc(F)c(F)c1. The molecule has 0 saturated heterocycles. The van der Waals surface area contributed by atoms with E-state index < -0.39 is 33.0 Å². The molecule has 1 heterocycles. The lowest BCUT2D eigenvalue weighted by Crippen LogP contribution is -1.96. The van der Waals surface area contributed by atoms with Crippen molar-refractivity contribution in [3.63, 3.8) is 0 Å². The third kappa shape index (κ3) is 4.88. The Kier molecular flexibility index (Phi) is 6.39. The maximum atomic E-state index is 13.6. The molecule has 0 bridgehead atoms. The summed E-state index contributed by atoms with van der Waals surface area (Å²) in [7, 11) is 0. The van der Waals surface area contributed by atoms with Gasteiger partial charge in [0.05, 0.1) is 46.3 Å². The molecular formula is C16H11F3N4O5. The number of rotatable bonds is 4. The summed E-state index contributed by atoms with van der Waals surface area (Å²) in [6.07, 6.45) is 2.78. The molecule has 0 spiro atoms. The van der Waals surface area contributed by atoms with E-state index in [2.05, 4.69) is 4.98 Å². The van der Waals surface area contributed by atoms with Gasteiger partial charge >= 0.3 is 0 Å². The van der Waals surface area contributed by atoms with Crippen LogP contribution in [-0.4, -0.2) is 24.5 Å². The second-order valence-corrected chi connectivity index (χ2v) is 5.18. The fourth-order valence-corrected chi connectivity index (χ4v) is 1.99. The molecule has 0 aliphatic rings. The fourth-order valence-electron chi connectivity index (χ4n) is 1.99. The van der Waals surface area contributed by atoms with Crippen molar-refractivity contribution in [2.75, 3.05) is 0 Å². The number of benzene rings is 2. The van der Waals surface area contributed by atoms with Crippen LogP contribution in [0.1, 0.15) is 5.69 Å². The molecule has 146 valence electrons. The molecule has 2 aromatic carbocycles. The van der Waals surface area contributed by atoms with Crippen LogP contribution >= 0.6 is 0 Å². The second-order valence-electron chi connectivity index (χ2n) is 5.18. The average molecular weight is 396 g/mol. The monoisotopic (exact) mass is 396 g/mol. The molecule has 9 nitrogen and oxygen atoms in total. The van der Waals surface area contributed by atoms with Crippen molar-refractivity contribution in [1.82, 2.24) is 9.55 Å². The molecule has 0 unspecified atom stereocenters. The predicted octanol–water partition coefficient (Wildman–Crippen LogP) is 3.28. The number of halogens is 3. The number of non-ortho nitro benzene ring substituents is 2. The average Bonchev–Trinajstić information content (AvgIpc) is 3.13. The summed E-state index contributed by atoms with van der Waals surface area (Å²) in [6.45, 7) is -0.248. The van der Waals surface area contributed by atoms with Crippen molar-refractivity contribution in [2.45, 2.75) is 6.61 Å². The molecule has 0 aliphatic heterocycles. The Morgan fingerprint density at radius 3 is 1.96 bits per heavy atom. The molecule has 12 heteroatoms. The van der Waals surface area contributed by atoms with Gasteiger partial charge in [-0.15, -0.1) is 0 Å². The molecule has 0 atom stereocenters. The van der Waals surface area contributed by atoms with E-state index in [1.807, 2.05) is 0 Å². The quantitative estimate of drug-likeness (QED) is 0.533. The summed E-state index contributed by atoms with van der Waals surface area (Å²) >= 11 is 0. The van der Waals surface area contributed by atoms with Gasteiger partial charge in [0.2, 0.25) is 0 Å². The first-order chi connectivity index (χ1) is 13.2. The fraction of sp³-hybridized carbons (Fsp3) is 0.0625. The van der Waals surface area contributed by atoms with Crippen molar-refractivity contribution < 1.29 is 28.1 Å². The Morgan fingerprint density at radius 2 is 1.50 bits per heavy atom. The van der Waals surface area contributed by atoms with Gasteiger partial charge in [-0.2, -0.15) is 0 Å². The summed E-state index contributed by atoms with van der Waals surface area (Å²) in [6, 6.07) is 5.49. The summed E-state index contributed by atoms with van der Waals surface area (Å²) in [5.74, 6) is -3.02. The Bertz CT molecular complexity index is 1030.